The Labute approximate surface area is 74.7 Å². The van der Waals surface area contributed by atoms with E-state index in [4.69, 9.17) is 0 Å². The smallest absolute Gasteiger partial charge is 0.0246 e. The van der Waals surface area contributed by atoms with Gasteiger partial charge in [-0.2, -0.15) is 0 Å². The lowest BCUT2D eigenvalue weighted by Gasteiger charge is -2.29. The first-order chi connectivity index (χ1) is 4.88. The molecule has 2 aliphatic heterocycles. The van der Waals surface area contributed by atoms with Crippen molar-refractivity contribution in [3.63, 3.8) is 0 Å². The summed E-state index contributed by atoms with van der Waals surface area (Å²) in [6, 6.07) is 0.855. The second-order valence-corrected chi connectivity index (χ2v) is 3.59. The summed E-state index contributed by atoms with van der Waals surface area (Å²) in [5, 5.41) is 3.44. The average Bonchev–Trinajstić information content (AvgIpc) is 2.34. The van der Waals surface area contributed by atoms with E-state index in [0.717, 1.165) is 12.0 Å². The van der Waals surface area contributed by atoms with Gasteiger partial charge < -0.3 is 10.2 Å². The van der Waals surface area contributed by atoms with Crippen molar-refractivity contribution in [1.29, 1.82) is 0 Å². The summed E-state index contributed by atoms with van der Waals surface area (Å²) >= 11 is 0. The number of likely N-dealkylation sites (tertiary alicyclic amines) is 1. The summed E-state index contributed by atoms with van der Waals surface area (Å²) in [6.07, 6.45) is 2.83. The third-order valence-electron chi connectivity index (χ3n) is 3.01. The lowest BCUT2D eigenvalue weighted by Crippen LogP contribution is -2.44. The first kappa shape index (κ1) is 9.30. The van der Waals surface area contributed by atoms with Gasteiger partial charge in [0, 0.05) is 12.6 Å². The van der Waals surface area contributed by atoms with Gasteiger partial charge in [-0.15, -0.1) is 12.4 Å². The number of hydrogen-bond donors (Lipinski definition) is 1. The van der Waals surface area contributed by atoms with E-state index >= 15 is 0 Å². The molecule has 2 nitrogen and oxygen atoms in total. The van der Waals surface area contributed by atoms with Crippen LogP contribution in [0.2, 0.25) is 0 Å². The van der Waals surface area contributed by atoms with E-state index in [1.807, 2.05) is 0 Å². The Balaban J connectivity index is 0.000000605. The molecule has 2 heterocycles. The van der Waals surface area contributed by atoms with Gasteiger partial charge in [0.2, 0.25) is 0 Å². The molecule has 0 aromatic carbocycles. The molecule has 0 radical (unpaired) electrons. The van der Waals surface area contributed by atoms with E-state index < -0.39 is 0 Å². The van der Waals surface area contributed by atoms with E-state index in [9.17, 15) is 0 Å². The van der Waals surface area contributed by atoms with Crippen LogP contribution in [-0.2, 0) is 0 Å². The molecule has 0 saturated carbocycles. The fraction of sp³-hybridized carbons (Fsp3) is 1.00. The van der Waals surface area contributed by atoms with Crippen LogP contribution in [0.25, 0.3) is 0 Å². The van der Waals surface area contributed by atoms with Crippen molar-refractivity contribution in [2.45, 2.75) is 18.9 Å². The zero-order valence-corrected chi connectivity index (χ0v) is 7.86. The van der Waals surface area contributed by atoms with Crippen molar-refractivity contribution < 1.29 is 0 Å². The predicted molar refractivity (Wildman–Crippen MR) is 49.3 cm³/mol. The van der Waals surface area contributed by atoms with E-state index in [0.29, 0.717) is 0 Å². The summed E-state index contributed by atoms with van der Waals surface area (Å²) < 4.78 is 0. The molecule has 0 amide bonds. The van der Waals surface area contributed by atoms with Crippen molar-refractivity contribution in [2.75, 3.05) is 26.7 Å². The fourth-order valence-corrected chi connectivity index (χ4v) is 2.28. The van der Waals surface area contributed by atoms with Gasteiger partial charge in [-0.3, -0.25) is 0 Å². The Morgan fingerprint density at radius 3 is 2.91 bits per heavy atom. The number of nitrogens with zero attached hydrogens (tertiary/aromatic N) is 1. The number of fused-ring (bicyclic) bond motifs is 1. The third-order valence-corrected chi connectivity index (χ3v) is 3.01. The highest BCUT2D eigenvalue weighted by Crippen LogP contribution is 2.26. The van der Waals surface area contributed by atoms with Crippen LogP contribution >= 0.6 is 12.4 Å². The monoisotopic (exact) mass is 176 g/mol. The number of halogens is 1. The highest BCUT2D eigenvalue weighted by molar-refractivity contribution is 5.85. The van der Waals surface area contributed by atoms with Crippen LogP contribution in [0.4, 0.5) is 0 Å². The molecule has 2 atom stereocenters. The average molecular weight is 177 g/mol. The van der Waals surface area contributed by atoms with Crippen molar-refractivity contribution in [1.82, 2.24) is 10.2 Å². The van der Waals surface area contributed by atoms with E-state index in [1.54, 1.807) is 0 Å². The van der Waals surface area contributed by atoms with Crippen molar-refractivity contribution in [3.05, 3.63) is 0 Å². The number of hydrogen-bond acceptors (Lipinski definition) is 2. The molecular formula is C8H17ClN2. The maximum Gasteiger partial charge on any atom is 0.0246 e. The quantitative estimate of drug-likeness (QED) is 0.586. The number of piperidine rings is 1. The molecule has 0 bridgehead atoms. The van der Waals surface area contributed by atoms with Crippen LogP contribution in [0.3, 0.4) is 0 Å². The predicted octanol–water partition coefficient (Wildman–Crippen LogP) is 0.722. The Hall–Kier alpha value is 0.210. The maximum absolute atomic E-state index is 3.44. The molecule has 2 fully saturated rings. The molecule has 0 aromatic rings. The second kappa shape index (κ2) is 3.74. The van der Waals surface area contributed by atoms with Gasteiger partial charge in [0.1, 0.15) is 0 Å². The molecule has 3 heteroatoms. The van der Waals surface area contributed by atoms with Crippen LogP contribution in [0.5, 0.6) is 0 Å². The lowest BCUT2D eigenvalue weighted by atomic mass is 9.94. The summed E-state index contributed by atoms with van der Waals surface area (Å²) in [5.41, 5.74) is 0. The van der Waals surface area contributed by atoms with Gasteiger partial charge in [0.05, 0.1) is 0 Å². The number of nitrogens with one attached hydrogen (secondary N) is 1. The minimum atomic E-state index is 0. The van der Waals surface area contributed by atoms with Gasteiger partial charge in [0.15, 0.2) is 0 Å². The van der Waals surface area contributed by atoms with E-state index in [-0.39, 0.29) is 12.4 Å². The molecule has 0 spiro atoms. The highest BCUT2D eigenvalue weighted by Gasteiger charge is 2.32. The molecule has 11 heavy (non-hydrogen) atoms. The summed E-state index contributed by atoms with van der Waals surface area (Å²) in [7, 11) is 2.25. The molecule has 0 aromatic heterocycles. The van der Waals surface area contributed by atoms with Crippen LogP contribution in [-0.4, -0.2) is 37.6 Å². The van der Waals surface area contributed by atoms with Crippen LogP contribution in [0, 0.1) is 5.92 Å². The first-order valence-corrected chi connectivity index (χ1v) is 4.29. The molecule has 0 unspecified atom stereocenters. The Morgan fingerprint density at radius 2 is 2.18 bits per heavy atom. The Kier molecular flexibility index (Phi) is 3.16. The lowest BCUT2D eigenvalue weighted by molar-refractivity contribution is 0.229. The summed E-state index contributed by atoms with van der Waals surface area (Å²) in [4.78, 5) is 2.50. The molecule has 1 N–H and O–H groups in total. The van der Waals surface area contributed by atoms with Gasteiger partial charge in [0.25, 0.3) is 0 Å². The van der Waals surface area contributed by atoms with Gasteiger partial charge in [-0.25, -0.2) is 0 Å². The standard InChI is InChI=1S/C8H16N2.ClH/c1-10-5-3-7-2-4-9-6-8(7)10;/h7-9H,2-6H2,1H3;1H/t7-,8-;/m0./s1. The topological polar surface area (TPSA) is 15.3 Å². The van der Waals surface area contributed by atoms with Gasteiger partial charge in [-0.05, 0) is 38.9 Å². The summed E-state index contributed by atoms with van der Waals surface area (Å²) in [6.45, 7) is 3.78. The molecule has 2 aliphatic rings. The van der Waals surface area contributed by atoms with Crippen LogP contribution in [0.1, 0.15) is 12.8 Å². The zero-order chi connectivity index (χ0) is 6.97. The maximum atomic E-state index is 3.44. The SMILES string of the molecule is CN1CC[C@@H]2CCNC[C@@H]21.Cl. The van der Waals surface area contributed by atoms with Gasteiger partial charge >= 0.3 is 0 Å². The van der Waals surface area contributed by atoms with Crippen LogP contribution in [0.15, 0.2) is 0 Å². The molecule has 0 aliphatic carbocycles. The van der Waals surface area contributed by atoms with Crippen LogP contribution < -0.4 is 5.32 Å². The Bertz CT molecular complexity index is 127. The van der Waals surface area contributed by atoms with Crippen molar-refractivity contribution >= 4 is 12.4 Å². The third kappa shape index (κ3) is 1.68. The number of likely N-dealkylation sites (N-methyl/N-ethyl adjacent to an activating group) is 1. The molecule has 2 rings (SSSR count). The normalized spacial score (nSPS) is 37.9. The highest BCUT2D eigenvalue weighted by atomic mass is 35.5. The minimum absolute atomic E-state index is 0. The largest absolute Gasteiger partial charge is 0.315 e. The van der Waals surface area contributed by atoms with Crippen molar-refractivity contribution in [3.8, 4) is 0 Å². The second-order valence-electron chi connectivity index (χ2n) is 3.59. The first-order valence-electron chi connectivity index (χ1n) is 4.29. The Morgan fingerprint density at radius 1 is 1.36 bits per heavy atom. The molecular weight excluding hydrogens is 160 g/mol. The van der Waals surface area contributed by atoms with E-state index in [2.05, 4.69) is 17.3 Å². The van der Waals surface area contributed by atoms with Gasteiger partial charge in [-0.1, -0.05) is 0 Å². The van der Waals surface area contributed by atoms with E-state index in [1.165, 1.54) is 32.5 Å². The zero-order valence-electron chi connectivity index (χ0n) is 7.05. The fourth-order valence-electron chi connectivity index (χ4n) is 2.28. The minimum Gasteiger partial charge on any atom is -0.315 e. The molecule has 2 saturated heterocycles. The van der Waals surface area contributed by atoms with Crippen molar-refractivity contribution in [2.24, 2.45) is 5.92 Å². The molecule has 66 valence electrons. The number of rotatable bonds is 0. The summed E-state index contributed by atoms with van der Waals surface area (Å²) in [5.74, 6) is 1.01.